The van der Waals surface area contributed by atoms with Crippen LogP contribution in [0.2, 0.25) is 5.02 Å². The Morgan fingerprint density at radius 3 is 2.32 bits per heavy atom. The number of carbonyl (C=O) groups is 2. The van der Waals surface area contributed by atoms with Crippen LogP contribution in [0.3, 0.4) is 0 Å². The Hall–Kier alpha value is -2.99. The molecule has 2 fully saturated rings. The number of rotatable bonds is 5. The number of aliphatic hydroxyl groups is 1. The molecule has 1 saturated carbocycles. The Morgan fingerprint density at radius 1 is 1.03 bits per heavy atom. The zero-order valence-corrected chi connectivity index (χ0v) is 18.2. The predicted molar refractivity (Wildman–Crippen MR) is 117 cm³/mol. The fourth-order valence-corrected chi connectivity index (χ4v) is 4.65. The molecule has 2 aromatic carbocycles. The van der Waals surface area contributed by atoms with Crippen LogP contribution in [-0.4, -0.2) is 42.0 Å². The first-order chi connectivity index (χ1) is 15.0. The van der Waals surface area contributed by atoms with Crippen molar-refractivity contribution >= 4 is 29.1 Å². The van der Waals surface area contributed by atoms with E-state index >= 15 is 0 Å². The lowest BCUT2D eigenvalue weighted by molar-refractivity contribution is -0.141. The van der Waals surface area contributed by atoms with E-state index in [1.54, 1.807) is 47.4 Å². The minimum Gasteiger partial charge on any atom is -0.507 e. The second-order valence-electron chi connectivity index (χ2n) is 7.76. The highest BCUT2D eigenvalue weighted by Gasteiger charge is 2.49. The molecule has 2 aromatic rings. The third kappa shape index (κ3) is 3.76. The maximum atomic E-state index is 13.2. The summed E-state index contributed by atoms with van der Waals surface area (Å²) >= 11 is 6.07. The van der Waals surface area contributed by atoms with E-state index in [-0.39, 0.29) is 17.4 Å². The van der Waals surface area contributed by atoms with Crippen LogP contribution < -0.4 is 9.47 Å². The van der Waals surface area contributed by atoms with E-state index in [0.717, 1.165) is 31.2 Å². The van der Waals surface area contributed by atoms with Gasteiger partial charge in [-0.3, -0.25) is 9.59 Å². The predicted octanol–water partition coefficient (Wildman–Crippen LogP) is 4.72. The molecule has 1 heterocycles. The zero-order chi connectivity index (χ0) is 22.1. The summed E-state index contributed by atoms with van der Waals surface area (Å²) in [5.74, 6) is -0.699. The molecule has 7 heteroatoms. The van der Waals surface area contributed by atoms with E-state index in [1.807, 2.05) is 0 Å². The van der Waals surface area contributed by atoms with Crippen molar-refractivity contribution in [2.24, 2.45) is 0 Å². The number of benzene rings is 2. The quantitative estimate of drug-likeness (QED) is 0.412. The molecule has 1 unspecified atom stereocenters. The Labute approximate surface area is 186 Å². The fraction of sp³-hybridized carbons (Fsp3) is 0.333. The summed E-state index contributed by atoms with van der Waals surface area (Å²) in [4.78, 5) is 27.9. The summed E-state index contributed by atoms with van der Waals surface area (Å²) in [6.07, 6.45) is 3.68. The van der Waals surface area contributed by atoms with Crippen LogP contribution in [0.15, 0.2) is 48.0 Å². The van der Waals surface area contributed by atoms with Gasteiger partial charge >= 0.3 is 0 Å². The van der Waals surface area contributed by atoms with Crippen molar-refractivity contribution in [1.29, 1.82) is 0 Å². The number of ketones is 1. The fourth-order valence-electron chi connectivity index (χ4n) is 4.53. The van der Waals surface area contributed by atoms with Gasteiger partial charge in [-0.25, -0.2) is 0 Å². The van der Waals surface area contributed by atoms with Crippen molar-refractivity contribution in [3.05, 3.63) is 64.2 Å². The van der Waals surface area contributed by atoms with Crippen LogP contribution in [0.25, 0.3) is 5.76 Å². The number of aliphatic hydroxyl groups excluding tert-OH is 1. The maximum absolute atomic E-state index is 13.2. The number of amides is 1. The van der Waals surface area contributed by atoms with E-state index in [1.165, 1.54) is 14.2 Å². The first-order valence-electron chi connectivity index (χ1n) is 10.2. The van der Waals surface area contributed by atoms with Crippen LogP contribution in [-0.2, 0) is 9.59 Å². The number of carbonyl (C=O) groups excluding carboxylic acids is 2. The van der Waals surface area contributed by atoms with Gasteiger partial charge in [-0.15, -0.1) is 0 Å². The van der Waals surface area contributed by atoms with Crippen LogP contribution >= 0.6 is 11.6 Å². The number of halogens is 1. The molecule has 1 N–H and O–H groups in total. The van der Waals surface area contributed by atoms with Crippen molar-refractivity contribution in [3.63, 3.8) is 0 Å². The van der Waals surface area contributed by atoms with Crippen LogP contribution in [0.5, 0.6) is 11.5 Å². The Balaban J connectivity index is 1.92. The zero-order valence-electron chi connectivity index (χ0n) is 17.4. The number of ether oxygens (including phenoxy) is 2. The Morgan fingerprint density at radius 2 is 1.71 bits per heavy atom. The lowest BCUT2D eigenvalue weighted by atomic mass is 9.94. The minimum atomic E-state index is -0.700. The number of hydrogen-bond acceptors (Lipinski definition) is 5. The highest BCUT2D eigenvalue weighted by Crippen LogP contribution is 2.44. The van der Waals surface area contributed by atoms with Gasteiger partial charge in [0.1, 0.15) is 17.3 Å². The normalized spacial score (nSPS) is 21.0. The Kier molecular flexibility index (Phi) is 5.92. The standard InChI is InChI=1S/C24H24ClNO5/c1-30-17-11-12-19(31-2)18(13-17)22(27)20-21(14-7-9-15(25)10-8-14)26(24(29)23(20)28)16-5-3-4-6-16/h7-13,16,21,27H,3-6H2,1-2H3/b22-20+. The molecular formula is C24H24ClNO5. The second-order valence-corrected chi connectivity index (χ2v) is 8.20. The molecule has 0 aromatic heterocycles. The summed E-state index contributed by atoms with van der Waals surface area (Å²) in [7, 11) is 2.99. The molecule has 0 bridgehead atoms. The van der Waals surface area contributed by atoms with Gasteiger partial charge in [0, 0.05) is 11.1 Å². The molecular weight excluding hydrogens is 418 g/mol. The van der Waals surface area contributed by atoms with Crippen molar-refractivity contribution < 1.29 is 24.2 Å². The second kappa shape index (κ2) is 8.63. The molecule has 1 amide bonds. The molecule has 4 rings (SSSR count). The molecule has 1 saturated heterocycles. The molecule has 1 aliphatic heterocycles. The van der Waals surface area contributed by atoms with Gasteiger partial charge in [-0.05, 0) is 48.7 Å². The van der Waals surface area contributed by atoms with Gasteiger partial charge in [0.2, 0.25) is 0 Å². The van der Waals surface area contributed by atoms with Crippen LogP contribution in [0.4, 0.5) is 0 Å². The van der Waals surface area contributed by atoms with E-state index in [2.05, 4.69) is 0 Å². The largest absolute Gasteiger partial charge is 0.507 e. The summed E-state index contributed by atoms with van der Waals surface area (Å²) < 4.78 is 10.7. The summed E-state index contributed by atoms with van der Waals surface area (Å²) in [5.41, 5.74) is 1.06. The molecule has 2 aliphatic rings. The van der Waals surface area contributed by atoms with E-state index < -0.39 is 17.7 Å². The van der Waals surface area contributed by atoms with Gasteiger partial charge in [-0.1, -0.05) is 36.6 Å². The number of likely N-dealkylation sites (tertiary alicyclic amines) is 1. The van der Waals surface area contributed by atoms with E-state index in [4.69, 9.17) is 21.1 Å². The third-order valence-electron chi connectivity index (χ3n) is 6.05. The summed E-state index contributed by atoms with van der Waals surface area (Å²) in [6.45, 7) is 0. The monoisotopic (exact) mass is 441 g/mol. The molecule has 162 valence electrons. The van der Waals surface area contributed by atoms with E-state index in [9.17, 15) is 14.7 Å². The third-order valence-corrected chi connectivity index (χ3v) is 6.30. The molecule has 0 radical (unpaired) electrons. The van der Waals surface area contributed by atoms with Crippen molar-refractivity contribution in [2.75, 3.05) is 14.2 Å². The number of methoxy groups -OCH3 is 2. The summed E-state index contributed by atoms with van der Waals surface area (Å²) in [5, 5.41) is 11.9. The van der Waals surface area contributed by atoms with Crippen molar-refractivity contribution in [1.82, 2.24) is 4.90 Å². The van der Waals surface area contributed by atoms with Crippen LogP contribution in [0, 0.1) is 0 Å². The first-order valence-corrected chi connectivity index (χ1v) is 10.6. The lowest BCUT2D eigenvalue weighted by Crippen LogP contribution is -2.37. The molecule has 1 aliphatic carbocycles. The van der Waals surface area contributed by atoms with E-state index in [0.29, 0.717) is 22.1 Å². The molecule has 31 heavy (non-hydrogen) atoms. The molecule has 0 spiro atoms. The Bertz CT molecular complexity index is 1040. The van der Waals surface area contributed by atoms with Crippen molar-refractivity contribution in [2.45, 2.75) is 37.8 Å². The highest BCUT2D eigenvalue weighted by atomic mass is 35.5. The van der Waals surface area contributed by atoms with Gasteiger partial charge in [0.15, 0.2) is 0 Å². The summed E-state index contributed by atoms with van der Waals surface area (Å²) in [6, 6.07) is 11.2. The van der Waals surface area contributed by atoms with Gasteiger partial charge in [-0.2, -0.15) is 0 Å². The van der Waals surface area contributed by atoms with Crippen molar-refractivity contribution in [3.8, 4) is 11.5 Å². The SMILES string of the molecule is COc1ccc(OC)c(/C(O)=C2\C(=O)C(=O)N(C3CCCC3)C2c2ccc(Cl)cc2)c1. The van der Waals surface area contributed by atoms with Crippen LogP contribution in [0.1, 0.15) is 42.9 Å². The highest BCUT2D eigenvalue weighted by molar-refractivity contribution is 6.46. The molecule has 1 atom stereocenters. The average Bonchev–Trinajstić information content (AvgIpc) is 3.40. The average molecular weight is 442 g/mol. The van der Waals surface area contributed by atoms with Gasteiger partial charge in [0.05, 0.1) is 31.4 Å². The smallest absolute Gasteiger partial charge is 0.295 e. The number of nitrogens with zero attached hydrogens (tertiary/aromatic N) is 1. The minimum absolute atomic E-state index is 0.0466. The lowest BCUT2D eigenvalue weighted by Gasteiger charge is -2.30. The number of Topliss-reactive ketones (excluding diaryl/α,β-unsaturated/α-hetero) is 1. The maximum Gasteiger partial charge on any atom is 0.295 e. The number of hydrogen-bond donors (Lipinski definition) is 1. The first kappa shape index (κ1) is 21.2. The topological polar surface area (TPSA) is 76.1 Å². The molecule has 6 nitrogen and oxygen atoms in total. The van der Waals surface area contributed by atoms with Gasteiger partial charge < -0.3 is 19.5 Å². The van der Waals surface area contributed by atoms with Gasteiger partial charge in [0.25, 0.3) is 11.7 Å².